The largest absolute Gasteiger partial charge is 0.392 e. The zero-order valence-electron chi connectivity index (χ0n) is 10.8. The first-order valence-corrected chi connectivity index (χ1v) is 7.41. The third-order valence-corrected chi connectivity index (χ3v) is 4.38. The van der Waals surface area contributed by atoms with E-state index in [2.05, 4.69) is 4.72 Å². The van der Waals surface area contributed by atoms with Crippen molar-refractivity contribution in [3.05, 3.63) is 35.4 Å². The summed E-state index contributed by atoms with van der Waals surface area (Å²) in [6.07, 6.45) is 0. The van der Waals surface area contributed by atoms with Gasteiger partial charge < -0.3 is 5.11 Å². The van der Waals surface area contributed by atoms with Crippen molar-refractivity contribution < 1.29 is 13.5 Å². The minimum Gasteiger partial charge on any atom is -0.392 e. The smallest absolute Gasteiger partial charge is 0.279 e. The second-order valence-corrected chi connectivity index (χ2v) is 5.64. The molecule has 1 aromatic carbocycles. The average molecular weight is 272 g/mol. The van der Waals surface area contributed by atoms with Gasteiger partial charge in [0.25, 0.3) is 10.2 Å². The van der Waals surface area contributed by atoms with Crippen molar-refractivity contribution in [1.29, 1.82) is 0 Å². The molecule has 0 saturated carbocycles. The van der Waals surface area contributed by atoms with Crippen LogP contribution < -0.4 is 4.72 Å². The molecule has 1 rings (SSSR count). The fraction of sp³-hybridized carbons (Fsp3) is 0.500. The third-order valence-electron chi connectivity index (χ3n) is 2.68. The molecule has 0 aliphatic heterocycles. The number of nitrogens with zero attached hydrogens (tertiary/aromatic N) is 1. The second kappa shape index (κ2) is 6.84. The van der Waals surface area contributed by atoms with E-state index in [1.165, 1.54) is 4.31 Å². The van der Waals surface area contributed by atoms with E-state index in [9.17, 15) is 8.42 Å². The second-order valence-electron chi connectivity index (χ2n) is 3.89. The summed E-state index contributed by atoms with van der Waals surface area (Å²) in [5, 5.41) is 9.01. The van der Waals surface area contributed by atoms with E-state index in [4.69, 9.17) is 5.11 Å². The van der Waals surface area contributed by atoms with Crippen LogP contribution in [0, 0.1) is 0 Å². The Bertz CT molecular complexity index is 470. The van der Waals surface area contributed by atoms with Gasteiger partial charge in [-0.2, -0.15) is 17.4 Å². The van der Waals surface area contributed by atoms with Gasteiger partial charge in [0, 0.05) is 19.6 Å². The summed E-state index contributed by atoms with van der Waals surface area (Å²) in [4.78, 5) is 0. The number of nitrogens with one attached hydrogen (secondary N) is 1. The first-order valence-electron chi connectivity index (χ1n) is 5.96. The van der Waals surface area contributed by atoms with Gasteiger partial charge in [-0.1, -0.05) is 38.1 Å². The highest BCUT2D eigenvalue weighted by Crippen LogP contribution is 2.06. The quantitative estimate of drug-likeness (QED) is 0.773. The van der Waals surface area contributed by atoms with Gasteiger partial charge in [-0.25, -0.2) is 0 Å². The van der Waals surface area contributed by atoms with Gasteiger partial charge in [0.2, 0.25) is 0 Å². The summed E-state index contributed by atoms with van der Waals surface area (Å²) in [7, 11) is -3.42. The third kappa shape index (κ3) is 4.06. The molecule has 2 N–H and O–H groups in total. The molecule has 6 heteroatoms. The first-order chi connectivity index (χ1) is 8.53. The zero-order chi connectivity index (χ0) is 13.6. The molecule has 0 aliphatic rings. The van der Waals surface area contributed by atoms with Gasteiger partial charge in [0.05, 0.1) is 6.61 Å². The van der Waals surface area contributed by atoms with E-state index in [1.807, 2.05) is 6.07 Å². The van der Waals surface area contributed by atoms with Crippen LogP contribution in [0.5, 0.6) is 0 Å². The van der Waals surface area contributed by atoms with Crippen molar-refractivity contribution >= 4 is 10.2 Å². The standard InChI is InChI=1S/C12H20N2O3S/c1-3-14(4-2)18(16,17)13-9-11-6-5-7-12(8-11)10-15/h5-8,13,15H,3-4,9-10H2,1-2H3. The molecular weight excluding hydrogens is 252 g/mol. The molecular formula is C12H20N2O3S. The maximum atomic E-state index is 11.9. The lowest BCUT2D eigenvalue weighted by Gasteiger charge is -2.18. The molecule has 0 radical (unpaired) electrons. The van der Waals surface area contributed by atoms with Crippen LogP contribution in [0.3, 0.4) is 0 Å². The highest BCUT2D eigenvalue weighted by Gasteiger charge is 2.17. The van der Waals surface area contributed by atoms with E-state index in [0.717, 1.165) is 11.1 Å². The monoisotopic (exact) mass is 272 g/mol. The van der Waals surface area contributed by atoms with Gasteiger partial charge in [-0.15, -0.1) is 0 Å². The Morgan fingerprint density at radius 1 is 1.22 bits per heavy atom. The molecule has 102 valence electrons. The zero-order valence-corrected chi connectivity index (χ0v) is 11.6. The maximum absolute atomic E-state index is 11.9. The minimum absolute atomic E-state index is 0.0450. The fourth-order valence-corrected chi connectivity index (χ4v) is 2.88. The average Bonchev–Trinajstić information content (AvgIpc) is 2.38. The fourth-order valence-electron chi connectivity index (χ4n) is 1.67. The minimum atomic E-state index is -3.42. The van der Waals surface area contributed by atoms with Crippen molar-refractivity contribution in [1.82, 2.24) is 9.03 Å². The Balaban J connectivity index is 2.69. The molecule has 0 bridgehead atoms. The molecule has 0 heterocycles. The summed E-state index contributed by atoms with van der Waals surface area (Å²) < 4.78 is 27.7. The Hall–Kier alpha value is -0.950. The van der Waals surface area contributed by atoms with Crippen molar-refractivity contribution in [2.24, 2.45) is 0 Å². The summed E-state index contributed by atoms with van der Waals surface area (Å²) in [6.45, 7) is 4.68. The normalized spacial score (nSPS) is 12.0. The summed E-state index contributed by atoms with van der Waals surface area (Å²) >= 11 is 0. The van der Waals surface area contributed by atoms with Crippen molar-refractivity contribution in [2.45, 2.75) is 27.0 Å². The molecule has 0 saturated heterocycles. The van der Waals surface area contributed by atoms with E-state index >= 15 is 0 Å². The Kier molecular flexibility index (Phi) is 5.74. The topological polar surface area (TPSA) is 69.6 Å². The molecule has 0 fully saturated rings. The molecule has 5 nitrogen and oxygen atoms in total. The Morgan fingerprint density at radius 3 is 2.39 bits per heavy atom. The highest BCUT2D eigenvalue weighted by atomic mass is 32.2. The van der Waals surface area contributed by atoms with Crippen LogP contribution in [0.1, 0.15) is 25.0 Å². The van der Waals surface area contributed by atoms with Crippen LogP contribution in [0.2, 0.25) is 0 Å². The van der Waals surface area contributed by atoms with E-state index < -0.39 is 10.2 Å². The highest BCUT2D eigenvalue weighted by molar-refractivity contribution is 7.87. The van der Waals surface area contributed by atoms with E-state index in [-0.39, 0.29) is 13.2 Å². The van der Waals surface area contributed by atoms with Crippen molar-refractivity contribution in [3.63, 3.8) is 0 Å². The van der Waals surface area contributed by atoms with Gasteiger partial charge in [0.1, 0.15) is 0 Å². The van der Waals surface area contributed by atoms with Crippen LogP contribution >= 0.6 is 0 Å². The summed E-state index contributed by atoms with van der Waals surface area (Å²) in [5.74, 6) is 0. The van der Waals surface area contributed by atoms with Crippen LogP contribution in [0.15, 0.2) is 24.3 Å². The maximum Gasteiger partial charge on any atom is 0.279 e. The van der Waals surface area contributed by atoms with E-state index in [1.54, 1.807) is 32.0 Å². The van der Waals surface area contributed by atoms with Gasteiger partial charge in [-0.3, -0.25) is 0 Å². The number of aliphatic hydroxyl groups is 1. The lowest BCUT2D eigenvalue weighted by atomic mass is 10.1. The van der Waals surface area contributed by atoms with Crippen LogP contribution in [0.4, 0.5) is 0 Å². The number of benzene rings is 1. The van der Waals surface area contributed by atoms with Crippen molar-refractivity contribution in [2.75, 3.05) is 13.1 Å². The SMILES string of the molecule is CCN(CC)S(=O)(=O)NCc1cccc(CO)c1. The van der Waals surface area contributed by atoms with Gasteiger partial charge in [0.15, 0.2) is 0 Å². The molecule has 0 aromatic heterocycles. The molecule has 0 atom stereocenters. The Morgan fingerprint density at radius 2 is 1.83 bits per heavy atom. The van der Waals surface area contributed by atoms with Crippen LogP contribution in [-0.2, 0) is 23.4 Å². The van der Waals surface area contributed by atoms with Gasteiger partial charge in [-0.05, 0) is 11.1 Å². The molecule has 0 aliphatic carbocycles. The van der Waals surface area contributed by atoms with Crippen LogP contribution in [-0.4, -0.2) is 30.9 Å². The van der Waals surface area contributed by atoms with Crippen molar-refractivity contribution in [3.8, 4) is 0 Å². The predicted octanol–water partition coefficient (Wildman–Crippen LogP) is 0.855. The first kappa shape index (κ1) is 15.1. The number of rotatable bonds is 7. The van der Waals surface area contributed by atoms with E-state index in [0.29, 0.717) is 13.1 Å². The molecule has 0 unspecified atom stereocenters. The lowest BCUT2D eigenvalue weighted by Crippen LogP contribution is -2.40. The van der Waals surface area contributed by atoms with Crippen LogP contribution in [0.25, 0.3) is 0 Å². The number of hydrogen-bond donors (Lipinski definition) is 2. The molecule has 1 aromatic rings. The predicted molar refractivity (Wildman–Crippen MR) is 71.0 cm³/mol. The summed E-state index contributed by atoms with van der Waals surface area (Å²) in [5.41, 5.74) is 1.60. The Labute approximate surface area is 109 Å². The molecule has 18 heavy (non-hydrogen) atoms. The number of aliphatic hydroxyl groups excluding tert-OH is 1. The summed E-state index contributed by atoms with van der Waals surface area (Å²) in [6, 6.07) is 7.20. The van der Waals surface area contributed by atoms with Gasteiger partial charge >= 0.3 is 0 Å². The molecule has 0 amide bonds. The molecule has 0 spiro atoms. The number of hydrogen-bond acceptors (Lipinski definition) is 3. The lowest BCUT2D eigenvalue weighted by molar-refractivity contribution is 0.281.